The number of ether oxygens (including phenoxy) is 1. The minimum Gasteiger partial charge on any atom is -0.496 e. The van der Waals surface area contributed by atoms with Crippen molar-refractivity contribution in [2.45, 2.75) is 11.8 Å². The average Bonchev–Trinajstić information content (AvgIpc) is 2.06. The second kappa shape index (κ2) is 3.72. The summed E-state index contributed by atoms with van der Waals surface area (Å²) in [5.41, 5.74) is 2.20. The van der Waals surface area contributed by atoms with Crippen LogP contribution in [0.2, 0.25) is 0 Å². The molecule has 1 aromatic rings. The predicted molar refractivity (Wildman–Crippen MR) is 54.5 cm³/mol. The fourth-order valence-electron chi connectivity index (χ4n) is 1.15. The van der Waals surface area contributed by atoms with Crippen molar-refractivity contribution in [3.05, 3.63) is 17.7 Å². The molecule has 0 aromatic heterocycles. The van der Waals surface area contributed by atoms with Crippen LogP contribution in [0.1, 0.15) is 5.56 Å². The van der Waals surface area contributed by atoms with E-state index in [1.165, 1.54) is 5.56 Å². The highest BCUT2D eigenvalue weighted by molar-refractivity contribution is 7.80. The molecule has 0 atom stereocenters. The van der Waals surface area contributed by atoms with Gasteiger partial charge in [-0.1, -0.05) is 6.07 Å². The summed E-state index contributed by atoms with van der Waals surface area (Å²) in [6.45, 7) is 2.03. The third-order valence-electron chi connectivity index (χ3n) is 1.82. The lowest BCUT2D eigenvalue weighted by Crippen LogP contribution is -1.95. The van der Waals surface area contributed by atoms with Gasteiger partial charge in [-0.25, -0.2) is 0 Å². The molecular formula is C9H13NOS. The van der Waals surface area contributed by atoms with E-state index in [9.17, 15) is 0 Å². The van der Waals surface area contributed by atoms with E-state index in [2.05, 4.69) is 17.9 Å². The Morgan fingerprint density at radius 1 is 1.42 bits per heavy atom. The second-order valence-corrected chi connectivity index (χ2v) is 3.01. The molecule has 66 valence electrons. The van der Waals surface area contributed by atoms with Crippen LogP contribution in [0.5, 0.6) is 5.75 Å². The maximum Gasteiger partial charge on any atom is 0.134 e. The van der Waals surface area contributed by atoms with Crippen molar-refractivity contribution in [3.63, 3.8) is 0 Å². The van der Waals surface area contributed by atoms with Gasteiger partial charge in [0.2, 0.25) is 0 Å². The van der Waals surface area contributed by atoms with Crippen molar-refractivity contribution in [2.24, 2.45) is 0 Å². The summed E-state index contributed by atoms with van der Waals surface area (Å²) in [6, 6.07) is 3.92. The highest BCUT2D eigenvalue weighted by Gasteiger charge is 2.05. The van der Waals surface area contributed by atoms with Crippen LogP contribution in [0.25, 0.3) is 0 Å². The molecule has 0 unspecified atom stereocenters. The van der Waals surface area contributed by atoms with E-state index in [4.69, 9.17) is 4.74 Å². The number of rotatable bonds is 2. The summed E-state index contributed by atoms with van der Waals surface area (Å²) in [6.07, 6.45) is 0. The van der Waals surface area contributed by atoms with Gasteiger partial charge in [0.1, 0.15) is 5.75 Å². The molecule has 0 aliphatic rings. The molecule has 12 heavy (non-hydrogen) atoms. The predicted octanol–water partition coefficient (Wildman–Crippen LogP) is 2.33. The maximum atomic E-state index is 5.13. The Morgan fingerprint density at radius 3 is 2.58 bits per heavy atom. The summed E-state index contributed by atoms with van der Waals surface area (Å²) in [5.74, 6) is 0.799. The van der Waals surface area contributed by atoms with Crippen molar-refractivity contribution >= 4 is 18.3 Å². The van der Waals surface area contributed by atoms with Gasteiger partial charge in [0.05, 0.1) is 17.7 Å². The average molecular weight is 183 g/mol. The number of anilines is 1. The molecule has 2 nitrogen and oxygen atoms in total. The van der Waals surface area contributed by atoms with Gasteiger partial charge in [-0.15, -0.1) is 12.6 Å². The Bertz CT molecular complexity index is 286. The molecule has 0 saturated heterocycles. The lowest BCUT2D eigenvalue weighted by atomic mass is 10.2. The minimum absolute atomic E-state index is 0.799. The van der Waals surface area contributed by atoms with Crippen LogP contribution in [0.15, 0.2) is 17.0 Å². The smallest absolute Gasteiger partial charge is 0.134 e. The Kier molecular flexibility index (Phi) is 2.87. The molecule has 0 fully saturated rings. The summed E-state index contributed by atoms with van der Waals surface area (Å²) in [7, 11) is 3.52. The zero-order valence-electron chi connectivity index (χ0n) is 7.51. The SMILES string of the molecule is CNc1c(C)ccc(OC)c1S. The first kappa shape index (κ1) is 9.26. The van der Waals surface area contributed by atoms with Crippen molar-refractivity contribution in [2.75, 3.05) is 19.5 Å². The zero-order valence-corrected chi connectivity index (χ0v) is 8.40. The van der Waals surface area contributed by atoms with Crippen molar-refractivity contribution in [1.29, 1.82) is 0 Å². The zero-order chi connectivity index (χ0) is 9.14. The first-order chi connectivity index (χ1) is 5.70. The summed E-state index contributed by atoms with van der Waals surface area (Å²) >= 11 is 4.35. The van der Waals surface area contributed by atoms with Gasteiger partial charge < -0.3 is 10.1 Å². The first-order valence-electron chi connectivity index (χ1n) is 3.75. The summed E-state index contributed by atoms with van der Waals surface area (Å²) < 4.78 is 5.13. The van der Waals surface area contributed by atoms with E-state index < -0.39 is 0 Å². The van der Waals surface area contributed by atoms with E-state index in [0.717, 1.165) is 16.3 Å². The Morgan fingerprint density at radius 2 is 2.08 bits per heavy atom. The van der Waals surface area contributed by atoms with Gasteiger partial charge in [0, 0.05) is 7.05 Å². The molecule has 1 N–H and O–H groups in total. The van der Waals surface area contributed by atoms with E-state index in [0.29, 0.717) is 0 Å². The number of thiol groups is 1. The number of hydrogen-bond acceptors (Lipinski definition) is 3. The maximum absolute atomic E-state index is 5.13. The van der Waals surface area contributed by atoms with Crippen molar-refractivity contribution < 1.29 is 4.74 Å². The Labute approximate surface area is 78.3 Å². The monoisotopic (exact) mass is 183 g/mol. The minimum atomic E-state index is 0.799. The lowest BCUT2D eigenvalue weighted by Gasteiger charge is -2.11. The summed E-state index contributed by atoms with van der Waals surface area (Å²) in [5, 5.41) is 3.08. The molecule has 0 bridgehead atoms. The Hall–Kier alpha value is -0.830. The number of nitrogens with one attached hydrogen (secondary N) is 1. The normalized spacial score (nSPS) is 9.67. The summed E-state index contributed by atoms with van der Waals surface area (Å²) in [4.78, 5) is 0.861. The van der Waals surface area contributed by atoms with E-state index >= 15 is 0 Å². The van der Waals surface area contributed by atoms with E-state index in [-0.39, 0.29) is 0 Å². The molecule has 0 amide bonds. The molecule has 3 heteroatoms. The van der Waals surface area contributed by atoms with Gasteiger partial charge in [-0.3, -0.25) is 0 Å². The van der Waals surface area contributed by atoms with Crippen LogP contribution < -0.4 is 10.1 Å². The van der Waals surface area contributed by atoms with Crippen molar-refractivity contribution in [1.82, 2.24) is 0 Å². The highest BCUT2D eigenvalue weighted by Crippen LogP contribution is 2.32. The van der Waals surface area contributed by atoms with Crippen LogP contribution in [0.3, 0.4) is 0 Å². The lowest BCUT2D eigenvalue weighted by molar-refractivity contribution is 0.405. The van der Waals surface area contributed by atoms with Gasteiger partial charge >= 0.3 is 0 Å². The standard InChI is InChI=1S/C9H13NOS/c1-6-4-5-7(11-3)9(12)8(6)10-2/h4-5,10,12H,1-3H3. The number of aryl methyl sites for hydroxylation is 1. The van der Waals surface area contributed by atoms with Gasteiger partial charge in [0.25, 0.3) is 0 Å². The third-order valence-corrected chi connectivity index (χ3v) is 2.26. The van der Waals surface area contributed by atoms with Crippen LogP contribution in [0, 0.1) is 6.92 Å². The second-order valence-electron chi connectivity index (χ2n) is 2.56. The largest absolute Gasteiger partial charge is 0.496 e. The molecule has 0 aliphatic heterocycles. The molecule has 1 aromatic carbocycles. The first-order valence-corrected chi connectivity index (χ1v) is 4.19. The fraction of sp³-hybridized carbons (Fsp3) is 0.333. The molecule has 0 heterocycles. The van der Waals surface area contributed by atoms with Crippen molar-refractivity contribution in [3.8, 4) is 5.75 Å². The van der Waals surface area contributed by atoms with E-state index in [1.54, 1.807) is 7.11 Å². The fourth-order valence-corrected chi connectivity index (χ4v) is 1.61. The number of hydrogen-bond donors (Lipinski definition) is 2. The number of benzene rings is 1. The molecule has 0 spiro atoms. The van der Waals surface area contributed by atoms with Crippen LogP contribution in [0.4, 0.5) is 5.69 Å². The molecular weight excluding hydrogens is 170 g/mol. The molecule has 0 saturated carbocycles. The van der Waals surface area contributed by atoms with Gasteiger partial charge in [-0.05, 0) is 18.6 Å². The van der Waals surface area contributed by atoms with Crippen LogP contribution in [-0.4, -0.2) is 14.2 Å². The molecule has 0 aliphatic carbocycles. The molecule has 1 rings (SSSR count). The van der Waals surface area contributed by atoms with Gasteiger partial charge in [-0.2, -0.15) is 0 Å². The van der Waals surface area contributed by atoms with Gasteiger partial charge in [0.15, 0.2) is 0 Å². The quantitative estimate of drug-likeness (QED) is 0.687. The third kappa shape index (κ3) is 1.50. The highest BCUT2D eigenvalue weighted by atomic mass is 32.1. The van der Waals surface area contributed by atoms with Crippen LogP contribution >= 0.6 is 12.6 Å². The van der Waals surface area contributed by atoms with Crippen LogP contribution in [-0.2, 0) is 0 Å². The Balaban J connectivity index is 3.24. The topological polar surface area (TPSA) is 21.3 Å². The number of methoxy groups -OCH3 is 1. The molecule has 0 radical (unpaired) electrons. The van der Waals surface area contributed by atoms with E-state index in [1.807, 2.05) is 26.1 Å².